The third-order valence-electron chi connectivity index (χ3n) is 2.48. The Morgan fingerprint density at radius 3 is 2.38 bits per heavy atom. The Hall–Kier alpha value is -0.600. The third-order valence-corrected chi connectivity index (χ3v) is 4.93. The van der Waals surface area contributed by atoms with E-state index in [0.717, 1.165) is 0 Å². The summed E-state index contributed by atoms with van der Waals surface area (Å²) >= 11 is 0. The van der Waals surface area contributed by atoms with Crippen molar-refractivity contribution in [2.45, 2.75) is 24.5 Å². The summed E-state index contributed by atoms with van der Waals surface area (Å²) in [6.07, 6.45) is 0.610. The molecular formula is C8H13NO3S. The van der Waals surface area contributed by atoms with Gasteiger partial charge in [0.1, 0.15) is 0 Å². The molecule has 0 atom stereocenters. The first-order chi connectivity index (χ1) is 6.08. The van der Waals surface area contributed by atoms with Gasteiger partial charge in [-0.05, 0) is 0 Å². The van der Waals surface area contributed by atoms with Gasteiger partial charge >= 0.3 is 0 Å². The summed E-state index contributed by atoms with van der Waals surface area (Å²) in [4.78, 5) is 0. The highest BCUT2D eigenvalue weighted by Crippen LogP contribution is 2.29. The molecule has 1 aliphatic heterocycles. The summed E-state index contributed by atoms with van der Waals surface area (Å²) in [7, 11) is -3.27. The molecule has 0 saturated carbocycles. The van der Waals surface area contributed by atoms with Crippen LogP contribution in [0.15, 0.2) is 0 Å². The first-order valence-corrected chi connectivity index (χ1v) is 5.94. The summed E-state index contributed by atoms with van der Waals surface area (Å²) < 4.78 is 27.1. The van der Waals surface area contributed by atoms with Crippen LogP contribution >= 0.6 is 0 Å². The molecule has 0 radical (unpaired) electrons. The Morgan fingerprint density at radius 1 is 1.46 bits per heavy atom. The molecule has 0 unspecified atom stereocenters. The summed E-state index contributed by atoms with van der Waals surface area (Å²) in [5, 5.41) is 8.92. The van der Waals surface area contributed by atoms with Gasteiger partial charge in [0.25, 0.3) is 0 Å². The van der Waals surface area contributed by atoms with Crippen molar-refractivity contribution in [1.82, 2.24) is 0 Å². The Balaban J connectivity index is 3.01. The summed E-state index contributed by atoms with van der Waals surface area (Å²) in [5.74, 6) is 0.0283. The van der Waals surface area contributed by atoms with Gasteiger partial charge < -0.3 is 4.74 Å². The zero-order chi connectivity index (χ0) is 9.95. The number of sulfone groups is 1. The molecule has 0 amide bonds. The van der Waals surface area contributed by atoms with Gasteiger partial charge in [0.05, 0.1) is 6.07 Å². The molecule has 13 heavy (non-hydrogen) atoms. The van der Waals surface area contributed by atoms with E-state index in [-0.39, 0.29) is 5.75 Å². The lowest BCUT2D eigenvalue weighted by atomic mass is 10.0. The molecule has 0 aromatic carbocycles. The van der Waals surface area contributed by atoms with Crippen LogP contribution in [0.3, 0.4) is 0 Å². The molecule has 1 saturated heterocycles. The van der Waals surface area contributed by atoms with Crippen LogP contribution in [-0.4, -0.2) is 32.1 Å². The van der Waals surface area contributed by atoms with Crippen LogP contribution in [0.5, 0.6) is 0 Å². The van der Waals surface area contributed by atoms with Gasteiger partial charge in [0.15, 0.2) is 14.6 Å². The van der Waals surface area contributed by atoms with E-state index < -0.39 is 14.6 Å². The van der Waals surface area contributed by atoms with Gasteiger partial charge in [-0.2, -0.15) is 5.26 Å². The summed E-state index contributed by atoms with van der Waals surface area (Å²) in [6.45, 7) is 2.31. The van der Waals surface area contributed by atoms with E-state index in [1.165, 1.54) is 0 Å². The quantitative estimate of drug-likeness (QED) is 0.655. The monoisotopic (exact) mass is 203 g/mol. The maximum atomic E-state index is 11.6. The van der Waals surface area contributed by atoms with Gasteiger partial charge in [0.2, 0.25) is 0 Å². The van der Waals surface area contributed by atoms with E-state index in [9.17, 15) is 8.42 Å². The Morgan fingerprint density at radius 2 is 2.00 bits per heavy atom. The van der Waals surface area contributed by atoms with Crippen LogP contribution in [0.2, 0.25) is 0 Å². The summed E-state index contributed by atoms with van der Waals surface area (Å²) in [6, 6.07) is 1.94. The highest BCUT2D eigenvalue weighted by molar-refractivity contribution is 7.93. The van der Waals surface area contributed by atoms with Crippen molar-refractivity contribution in [3.05, 3.63) is 0 Å². The lowest BCUT2D eigenvalue weighted by Gasteiger charge is -2.29. The van der Waals surface area contributed by atoms with Crippen molar-refractivity contribution < 1.29 is 13.2 Å². The summed E-state index contributed by atoms with van der Waals surface area (Å²) in [5.41, 5.74) is 0. The number of ether oxygens (including phenoxy) is 1. The van der Waals surface area contributed by atoms with Crippen LogP contribution in [0, 0.1) is 11.3 Å². The molecule has 0 aliphatic carbocycles. The molecule has 1 heterocycles. The zero-order valence-corrected chi connectivity index (χ0v) is 8.43. The first-order valence-electron chi connectivity index (χ1n) is 4.29. The standard InChI is InChI=1S/C8H13NO3S/c1-2-13(10,11)8(7-9)3-5-12-6-4-8/h2-6H2,1H3. The predicted octanol–water partition coefficient (Wildman–Crippen LogP) is 0.494. The van der Waals surface area contributed by atoms with Crippen molar-refractivity contribution in [3.8, 4) is 6.07 Å². The minimum Gasteiger partial charge on any atom is -0.381 e. The molecule has 5 heteroatoms. The van der Waals surface area contributed by atoms with Gasteiger partial charge in [-0.25, -0.2) is 8.42 Å². The van der Waals surface area contributed by atoms with E-state index in [4.69, 9.17) is 10.00 Å². The minimum absolute atomic E-state index is 0.0283. The molecule has 1 fully saturated rings. The van der Waals surface area contributed by atoms with Crippen molar-refractivity contribution >= 4 is 9.84 Å². The van der Waals surface area contributed by atoms with E-state index in [2.05, 4.69) is 0 Å². The van der Waals surface area contributed by atoms with E-state index in [0.29, 0.717) is 26.1 Å². The highest BCUT2D eigenvalue weighted by atomic mass is 32.2. The second kappa shape index (κ2) is 3.64. The van der Waals surface area contributed by atoms with Gasteiger partial charge in [-0.1, -0.05) is 6.92 Å². The van der Waals surface area contributed by atoms with E-state index in [1.54, 1.807) is 6.92 Å². The SMILES string of the molecule is CCS(=O)(=O)C1(C#N)CCOCC1. The van der Waals surface area contributed by atoms with Crippen LogP contribution in [0.1, 0.15) is 19.8 Å². The maximum Gasteiger partial charge on any atom is 0.169 e. The molecule has 1 rings (SSSR count). The molecular weight excluding hydrogens is 190 g/mol. The second-order valence-corrected chi connectivity index (χ2v) is 5.71. The average Bonchev–Trinajstić information content (AvgIpc) is 2.18. The first kappa shape index (κ1) is 10.5. The normalized spacial score (nSPS) is 22.2. The number of hydrogen-bond acceptors (Lipinski definition) is 4. The predicted molar refractivity (Wildman–Crippen MR) is 47.9 cm³/mol. The lowest BCUT2D eigenvalue weighted by molar-refractivity contribution is 0.0864. The molecule has 0 aromatic rings. The number of rotatable bonds is 2. The molecule has 0 aromatic heterocycles. The Kier molecular flexibility index (Phi) is 2.94. The number of hydrogen-bond donors (Lipinski definition) is 0. The van der Waals surface area contributed by atoms with E-state index >= 15 is 0 Å². The van der Waals surface area contributed by atoms with Gasteiger partial charge in [-0.3, -0.25) is 0 Å². The van der Waals surface area contributed by atoms with Crippen molar-refractivity contribution in [1.29, 1.82) is 5.26 Å². The van der Waals surface area contributed by atoms with Crippen molar-refractivity contribution in [2.75, 3.05) is 19.0 Å². The van der Waals surface area contributed by atoms with Crippen LogP contribution in [0.25, 0.3) is 0 Å². The molecule has 0 N–H and O–H groups in total. The number of nitriles is 1. The fourth-order valence-electron chi connectivity index (χ4n) is 1.47. The van der Waals surface area contributed by atoms with Gasteiger partial charge in [-0.15, -0.1) is 0 Å². The molecule has 74 valence electrons. The molecule has 1 aliphatic rings. The fourth-order valence-corrected chi connectivity index (χ4v) is 2.95. The average molecular weight is 203 g/mol. The third kappa shape index (κ3) is 1.69. The second-order valence-electron chi connectivity index (χ2n) is 3.12. The topological polar surface area (TPSA) is 67.2 Å². The van der Waals surface area contributed by atoms with Crippen LogP contribution in [-0.2, 0) is 14.6 Å². The fraction of sp³-hybridized carbons (Fsp3) is 0.875. The smallest absolute Gasteiger partial charge is 0.169 e. The molecule has 4 nitrogen and oxygen atoms in total. The molecule has 0 bridgehead atoms. The Bertz CT molecular complexity index is 309. The number of nitrogens with zero attached hydrogens (tertiary/aromatic N) is 1. The Labute approximate surface area is 78.4 Å². The van der Waals surface area contributed by atoms with Crippen molar-refractivity contribution in [2.24, 2.45) is 0 Å². The van der Waals surface area contributed by atoms with Gasteiger partial charge in [0, 0.05) is 31.8 Å². The van der Waals surface area contributed by atoms with E-state index in [1.807, 2.05) is 6.07 Å². The zero-order valence-electron chi connectivity index (χ0n) is 7.62. The van der Waals surface area contributed by atoms with Crippen molar-refractivity contribution in [3.63, 3.8) is 0 Å². The van der Waals surface area contributed by atoms with Crippen LogP contribution in [0.4, 0.5) is 0 Å². The molecule has 0 spiro atoms. The van der Waals surface area contributed by atoms with Crippen LogP contribution < -0.4 is 0 Å². The highest BCUT2D eigenvalue weighted by Gasteiger charge is 2.44. The minimum atomic E-state index is -3.27. The maximum absolute atomic E-state index is 11.6. The largest absolute Gasteiger partial charge is 0.381 e. The lowest BCUT2D eigenvalue weighted by Crippen LogP contribution is -2.43.